The average molecular weight is 248 g/mol. The summed E-state index contributed by atoms with van der Waals surface area (Å²) in [6, 6.07) is 4.34. The summed E-state index contributed by atoms with van der Waals surface area (Å²) in [7, 11) is 0. The van der Waals surface area contributed by atoms with Gasteiger partial charge in [0.1, 0.15) is 0 Å². The van der Waals surface area contributed by atoms with Crippen molar-refractivity contribution < 1.29 is 0 Å². The molecule has 1 saturated carbocycles. The second-order valence-electron chi connectivity index (χ2n) is 5.65. The van der Waals surface area contributed by atoms with Crippen LogP contribution in [0.25, 0.3) is 0 Å². The topological polar surface area (TPSA) is 34.0 Å². The van der Waals surface area contributed by atoms with E-state index in [1.807, 2.05) is 19.2 Å². The van der Waals surface area contributed by atoms with E-state index in [1.54, 1.807) is 10.6 Å². The van der Waals surface area contributed by atoms with Crippen molar-refractivity contribution in [3.63, 3.8) is 0 Å². The van der Waals surface area contributed by atoms with Crippen LogP contribution in [0.2, 0.25) is 0 Å². The van der Waals surface area contributed by atoms with Crippen LogP contribution < -0.4 is 10.9 Å². The third-order valence-electron chi connectivity index (χ3n) is 3.95. The largest absolute Gasteiger partial charge is 0.314 e. The molecule has 1 aliphatic carbocycles. The third-order valence-corrected chi connectivity index (χ3v) is 3.95. The molecule has 0 spiro atoms. The van der Waals surface area contributed by atoms with E-state index in [-0.39, 0.29) is 5.56 Å². The van der Waals surface area contributed by atoms with Gasteiger partial charge in [0.2, 0.25) is 0 Å². The normalized spacial score (nSPS) is 24.1. The van der Waals surface area contributed by atoms with Crippen LogP contribution in [0.3, 0.4) is 0 Å². The van der Waals surface area contributed by atoms with Crippen molar-refractivity contribution in [2.45, 2.75) is 52.1 Å². The molecule has 3 heteroatoms. The standard InChI is InChI=1S/C15H24N2O/c1-12-3-5-14(6-4-12)16-8-10-17-9-7-13(2)11-15(17)18/h7,9,11-12,14,16H,3-6,8,10H2,1-2H3. The molecule has 1 N–H and O–H groups in total. The lowest BCUT2D eigenvalue weighted by molar-refractivity contribution is 0.305. The van der Waals surface area contributed by atoms with Crippen LogP contribution in [0.5, 0.6) is 0 Å². The van der Waals surface area contributed by atoms with E-state index in [2.05, 4.69) is 12.2 Å². The van der Waals surface area contributed by atoms with Crippen LogP contribution >= 0.6 is 0 Å². The fourth-order valence-corrected chi connectivity index (χ4v) is 2.64. The fourth-order valence-electron chi connectivity index (χ4n) is 2.64. The molecule has 0 radical (unpaired) electrons. The summed E-state index contributed by atoms with van der Waals surface area (Å²) in [4.78, 5) is 11.7. The molecular weight excluding hydrogens is 224 g/mol. The minimum Gasteiger partial charge on any atom is -0.314 e. The quantitative estimate of drug-likeness (QED) is 0.887. The number of hydrogen-bond donors (Lipinski definition) is 1. The van der Waals surface area contributed by atoms with Crippen molar-refractivity contribution in [3.05, 3.63) is 34.2 Å². The van der Waals surface area contributed by atoms with E-state index < -0.39 is 0 Å². The maximum atomic E-state index is 11.7. The molecule has 0 unspecified atom stereocenters. The minimum absolute atomic E-state index is 0.106. The Bertz CT molecular complexity index is 430. The molecule has 3 nitrogen and oxygen atoms in total. The van der Waals surface area contributed by atoms with Crippen LogP contribution in [-0.4, -0.2) is 17.2 Å². The van der Waals surface area contributed by atoms with Crippen LogP contribution in [0, 0.1) is 12.8 Å². The Morgan fingerprint density at radius 3 is 2.72 bits per heavy atom. The predicted octanol–water partition coefficient (Wildman–Crippen LogP) is 2.33. The molecule has 1 aromatic heterocycles. The first-order chi connectivity index (χ1) is 8.65. The average Bonchev–Trinajstić information content (AvgIpc) is 2.34. The Hall–Kier alpha value is -1.09. The highest BCUT2D eigenvalue weighted by Gasteiger charge is 2.17. The molecule has 0 amide bonds. The van der Waals surface area contributed by atoms with Crippen LogP contribution in [0.1, 0.15) is 38.2 Å². The molecule has 0 atom stereocenters. The summed E-state index contributed by atoms with van der Waals surface area (Å²) >= 11 is 0. The number of pyridine rings is 1. The maximum Gasteiger partial charge on any atom is 0.250 e. The molecule has 1 heterocycles. The number of hydrogen-bond acceptors (Lipinski definition) is 2. The van der Waals surface area contributed by atoms with Gasteiger partial charge in [0, 0.05) is 31.4 Å². The SMILES string of the molecule is Cc1ccn(CCNC2CCC(C)CC2)c(=O)c1. The fraction of sp³-hybridized carbons (Fsp3) is 0.667. The molecule has 0 saturated heterocycles. The van der Waals surface area contributed by atoms with Gasteiger partial charge in [0.25, 0.3) is 5.56 Å². The van der Waals surface area contributed by atoms with Gasteiger partial charge in [-0.2, -0.15) is 0 Å². The van der Waals surface area contributed by atoms with E-state index in [4.69, 9.17) is 0 Å². The summed E-state index contributed by atoms with van der Waals surface area (Å²) in [6.07, 6.45) is 7.13. The van der Waals surface area contributed by atoms with E-state index >= 15 is 0 Å². The van der Waals surface area contributed by atoms with E-state index in [0.29, 0.717) is 6.04 Å². The van der Waals surface area contributed by atoms with E-state index in [1.165, 1.54) is 25.7 Å². The maximum absolute atomic E-state index is 11.7. The highest BCUT2D eigenvalue weighted by molar-refractivity contribution is 5.07. The monoisotopic (exact) mass is 248 g/mol. The summed E-state index contributed by atoms with van der Waals surface area (Å²) in [5, 5.41) is 3.57. The van der Waals surface area contributed by atoms with Gasteiger partial charge in [0.05, 0.1) is 0 Å². The molecule has 1 aromatic rings. The zero-order valence-electron chi connectivity index (χ0n) is 11.5. The van der Waals surface area contributed by atoms with Gasteiger partial charge < -0.3 is 9.88 Å². The van der Waals surface area contributed by atoms with E-state index in [9.17, 15) is 4.79 Å². The molecule has 1 fully saturated rings. The van der Waals surface area contributed by atoms with Crippen molar-refractivity contribution in [2.24, 2.45) is 5.92 Å². The Balaban J connectivity index is 1.76. The molecule has 0 aliphatic heterocycles. The first-order valence-electron chi connectivity index (χ1n) is 7.05. The number of rotatable bonds is 4. The lowest BCUT2D eigenvalue weighted by Crippen LogP contribution is -2.36. The summed E-state index contributed by atoms with van der Waals surface area (Å²) in [5.74, 6) is 0.891. The molecule has 1 aliphatic rings. The molecule has 0 aromatic carbocycles. The molecule has 2 rings (SSSR count). The second-order valence-corrected chi connectivity index (χ2v) is 5.65. The number of nitrogens with one attached hydrogen (secondary N) is 1. The first kappa shape index (κ1) is 13.3. The Kier molecular flexibility index (Phi) is 4.59. The molecule has 100 valence electrons. The molecule has 18 heavy (non-hydrogen) atoms. The highest BCUT2D eigenvalue weighted by Crippen LogP contribution is 2.23. The third kappa shape index (κ3) is 3.70. The van der Waals surface area contributed by atoms with Crippen LogP contribution in [-0.2, 0) is 6.54 Å². The second kappa shape index (κ2) is 6.19. The van der Waals surface area contributed by atoms with Gasteiger partial charge in [-0.25, -0.2) is 0 Å². The zero-order valence-corrected chi connectivity index (χ0v) is 11.5. The van der Waals surface area contributed by atoms with E-state index in [0.717, 1.165) is 24.6 Å². The Labute approximate surface area is 109 Å². The zero-order chi connectivity index (χ0) is 13.0. The minimum atomic E-state index is 0.106. The van der Waals surface area contributed by atoms with Crippen LogP contribution in [0.15, 0.2) is 23.1 Å². The highest BCUT2D eigenvalue weighted by atomic mass is 16.1. The van der Waals surface area contributed by atoms with Crippen LogP contribution in [0.4, 0.5) is 0 Å². The smallest absolute Gasteiger partial charge is 0.250 e. The van der Waals surface area contributed by atoms with Gasteiger partial charge in [-0.1, -0.05) is 6.92 Å². The van der Waals surface area contributed by atoms with Gasteiger partial charge in [-0.3, -0.25) is 4.79 Å². The van der Waals surface area contributed by atoms with Crippen molar-refractivity contribution in [3.8, 4) is 0 Å². The lowest BCUT2D eigenvalue weighted by Gasteiger charge is -2.27. The van der Waals surface area contributed by atoms with Crippen molar-refractivity contribution in [1.29, 1.82) is 0 Å². The van der Waals surface area contributed by atoms with Gasteiger partial charge >= 0.3 is 0 Å². The Morgan fingerprint density at radius 2 is 2.06 bits per heavy atom. The van der Waals surface area contributed by atoms with Gasteiger partial charge in [-0.05, 0) is 50.2 Å². The molecule has 0 bridgehead atoms. The van der Waals surface area contributed by atoms with Crippen molar-refractivity contribution in [2.75, 3.05) is 6.54 Å². The molecular formula is C15H24N2O. The predicted molar refractivity (Wildman–Crippen MR) is 74.9 cm³/mol. The van der Waals surface area contributed by atoms with Gasteiger partial charge in [0.15, 0.2) is 0 Å². The first-order valence-corrected chi connectivity index (χ1v) is 7.05. The van der Waals surface area contributed by atoms with Crippen molar-refractivity contribution in [1.82, 2.24) is 9.88 Å². The summed E-state index contributed by atoms with van der Waals surface area (Å²) in [5.41, 5.74) is 1.14. The van der Waals surface area contributed by atoms with Crippen molar-refractivity contribution >= 4 is 0 Å². The van der Waals surface area contributed by atoms with Gasteiger partial charge in [-0.15, -0.1) is 0 Å². The summed E-state index contributed by atoms with van der Waals surface area (Å²) < 4.78 is 1.78. The lowest BCUT2D eigenvalue weighted by atomic mass is 9.87. The number of nitrogens with zero attached hydrogens (tertiary/aromatic N) is 1. The number of aromatic nitrogens is 1. The number of aryl methyl sites for hydroxylation is 1. The summed E-state index contributed by atoms with van der Waals surface area (Å²) in [6.45, 7) is 5.95. The Morgan fingerprint density at radius 1 is 1.33 bits per heavy atom.